The summed E-state index contributed by atoms with van der Waals surface area (Å²) in [5.41, 5.74) is 2.11. The highest BCUT2D eigenvalue weighted by Crippen LogP contribution is 2.37. The number of amides is 1. The molecule has 1 aliphatic rings. The molecule has 0 N–H and O–H groups in total. The van der Waals surface area contributed by atoms with Crippen LogP contribution in [0.5, 0.6) is 17.2 Å². The van der Waals surface area contributed by atoms with Gasteiger partial charge in [-0.3, -0.25) is 4.79 Å². The molecule has 3 aromatic rings. The summed E-state index contributed by atoms with van der Waals surface area (Å²) in [5.74, 6) is 2.58. The molecular weight excluding hydrogens is 374 g/mol. The zero-order chi connectivity index (χ0) is 20.4. The maximum Gasteiger partial charge on any atom is 0.265 e. The second kappa shape index (κ2) is 7.83. The van der Waals surface area contributed by atoms with Crippen LogP contribution in [0.1, 0.15) is 13.3 Å². The Morgan fingerprint density at radius 3 is 2.76 bits per heavy atom. The third-order valence-corrected chi connectivity index (χ3v) is 4.67. The van der Waals surface area contributed by atoms with E-state index in [2.05, 4.69) is 10.1 Å². The molecule has 1 aromatic heterocycles. The average Bonchev–Trinajstić information content (AvgIpc) is 3.25. The molecule has 1 amide bonds. The molecule has 0 radical (unpaired) electrons. The van der Waals surface area contributed by atoms with Gasteiger partial charge in [0.1, 0.15) is 17.2 Å². The van der Waals surface area contributed by atoms with Crippen molar-refractivity contribution in [2.45, 2.75) is 13.3 Å². The van der Waals surface area contributed by atoms with Crippen molar-refractivity contribution in [3.63, 3.8) is 0 Å². The normalized spacial score (nSPS) is 13.1. The van der Waals surface area contributed by atoms with Gasteiger partial charge in [0.05, 0.1) is 25.5 Å². The average molecular weight is 395 g/mol. The number of rotatable bonds is 6. The van der Waals surface area contributed by atoms with E-state index in [0.717, 1.165) is 12.0 Å². The second-order valence-corrected chi connectivity index (χ2v) is 6.51. The Kier molecular flexibility index (Phi) is 5.07. The molecule has 2 heterocycles. The van der Waals surface area contributed by atoms with Gasteiger partial charge in [0.15, 0.2) is 6.61 Å². The molecule has 1 aliphatic heterocycles. The molecule has 0 unspecified atom stereocenters. The van der Waals surface area contributed by atoms with Gasteiger partial charge in [-0.2, -0.15) is 4.98 Å². The maximum atomic E-state index is 12.2. The lowest BCUT2D eigenvalue weighted by molar-refractivity contribution is -0.121. The third kappa shape index (κ3) is 3.49. The summed E-state index contributed by atoms with van der Waals surface area (Å²) in [7, 11) is 3.16. The van der Waals surface area contributed by atoms with Gasteiger partial charge in [-0.15, -0.1) is 0 Å². The van der Waals surface area contributed by atoms with Crippen LogP contribution in [0.2, 0.25) is 0 Å². The number of carbonyl (C=O) groups excluding carboxylic acids is 1. The van der Waals surface area contributed by atoms with Crippen molar-refractivity contribution < 1.29 is 23.5 Å². The molecule has 2 aromatic carbocycles. The fourth-order valence-corrected chi connectivity index (χ4v) is 3.24. The lowest BCUT2D eigenvalue weighted by atomic mass is 10.1. The van der Waals surface area contributed by atoms with Gasteiger partial charge >= 0.3 is 0 Å². The summed E-state index contributed by atoms with van der Waals surface area (Å²) in [6.45, 7) is 2.70. The highest BCUT2D eigenvalue weighted by Gasteiger charge is 2.26. The van der Waals surface area contributed by atoms with E-state index in [-0.39, 0.29) is 12.5 Å². The summed E-state index contributed by atoms with van der Waals surface area (Å²) < 4.78 is 21.7. The molecule has 0 spiro atoms. The minimum Gasteiger partial charge on any atom is -0.497 e. The number of fused-ring (bicyclic) bond motifs is 1. The van der Waals surface area contributed by atoms with E-state index in [1.54, 1.807) is 37.3 Å². The zero-order valence-electron chi connectivity index (χ0n) is 16.5. The molecule has 29 heavy (non-hydrogen) atoms. The molecule has 150 valence electrons. The van der Waals surface area contributed by atoms with Gasteiger partial charge in [0.25, 0.3) is 11.8 Å². The molecule has 8 nitrogen and oxygen atoms in total. The van der Waals surface area contributed by atoms with Crippen LogP contribution in [-0.2, 0) is 4.79 Å². The molecule has 0 saturated heterocycles. The molecule has 4 rings (SSSR count). The summed E-state index contributed by atoms with van der Waals surface area (Å²) in [6.07, 6.45) is 0.846. The number of ether oxygens (including phenoxy) is 3. The number of methoxy groups -OCH3 is 2. The van der Waals surface area contributed by atoms with Crippen molar-refractivity contribution in [3.8, 4) is 40.1 Å². The largest absolute Gasteiger partial charge is 0.497 e. The number of hydrogen-bond donors (Lipinski definition) is 0. The summed E-state index contributed by atoms with van der Waals surface area (Å²) in [5, 5.41) is 4.10. The topological polar surface area (TPSA) is 86.9 Å². The predicted molar refractivity (Wildman–Crippen MR) is 106 cm³/mol. The lowest BCUT2D eigenvalue weighted by Crippen LogP contribution is -2.39. The number of hydrogen-bond acceptors (Lipinski definition) is 7. The zero-order valence-corrected chi connectivity index (χ0v) is 16.5. The molecular formula is C21H21N3O5. The van der Waals surface area contributed by atoms with Crippen LogP contribution in [0.15, 0.2) is 40.9 Å². The van der Waals surface area contributed by atoms with E-state index < -0.39 is 0 Å². The fraction of sp³-hybridized carbons (Fsp3) is 0.286. The Morgan fingerprint density at radius 2 is 2.00 bits per heavy atom. The Morgan fingerprint density at radius 1 is 1.14 bits per heavy atom. The minimum atomic E-state index is -0.0618. The van der Waals surface area contributed by atoms with Gasteiger partial charge in [-0.1, -0.05) is 12.1 Å². The Bertz CT molecular complexity index is 1050. The summed E-state index contributed by atoms with van der Waals surface area (Å²) >= 11 is 0. The van der Waals surface area contributed by atoms with E-state index in [0.29, 0.717) is 46.8 Å². The van der Waals surface area contributed by atoms with Crippen LogP contribution in [-0.4, -0.2) is 43.4 Å². The van der Waals surface area contributed by atoms with Crippen molar-refractivity contribution in [1.29, 1.82) is 0 Å². The summed E-state index contributed by atoms with van der Waals surface area (Å²) in [6, 6.07) is 10.9. The van der Waals surface area contributed by atoms with Crippen LogP contribution >= 0.6 is 0 Å². The van der Waals surface area contributed by atoms with E-state index in [1.807, 2.05) is 25.1 Å². The minimum absolute atomic E-state index is 0.0516. The fourth-order valence-electron chi connectivity index (χ4n) is 3.24. The SMILES string of the molecule is CCCN1C(=O)COc2ccc(-c3noc(-c4ccc(OC)cc4OC)n3)cc21. The first-order valence-corrected chi connectivity index (χ1v) is 9.28. The molecule has 0 fully saturated rings. The molecule has 0 aliphatic carbocycles. The standard InChI is InChI=1S/C21H21N3O5/c1-4-9-24-16-10-13(5-8-17(16)28-12-19(24)25)20-22-21(29-23-20)15-7-6-14(26-2)11-18(15)27-3/h5-8,10-11H,4,9,12H2,1-3H3. The number of anilines is 1. The molecule has 0 saturated carbocycles. The molecule has 8 heteroatoms. The molecule has 0 bridgehead atoms. The second-order valence-electron chi connectivity index (χ2n) is 6.51. The van der Waals surface area contributed by atoms with Crippen molar-refractivity contribution in [2.24, 2.45) is 0 Å². The first kappa shape index (κ1) is 18.8. The highest BCUT2D eigenvalue weighted by atomic mass is 16.5. The van der Waals surface area contributed by atoms with Gasteiger partial charge in [0.2, 0.25) is 5.82 Å². The van der Waals surface area contributed by atoms with Gasteiger partial charge in [0, 0.05) is 18.2 Å². The number of benzene rings is 2. The smallest absolute Gasteiger partial charge is 0.265 e. The van der Waals surface area contributed by atoms with Crippen LogP contribution in [0, 0.1) is 0 Å². The molecule has 0 atom stereocenters. The first-order chi connectivity index (χ1) is 14.1. The van der Waals surface area contributed by atoms with Crippen molar-refractivity contribution in [1.82, 2.24) is 10.1 Å². The van der Waals surface area contributed by atoms with Crippen LogP contribution in [0.25, 0.3) is 22.8 Å². The van der Waals surface area contributed by atoms with E-state index >= 15 is 0 Å². The highest BCUT2D eigenvalue weighted by molar-refractivity contribution is 5.98. The van der Waals surface area contributed by atoms with Crippen LogP contribution in [0.3, 0.4) is 0 Å². The first-order valence-electron chi connectivity index (χ1n) is 9.28. The maximum absolute atomic E-state index is 12.2. The predicted octanol–water partition coefficient (Wildman–Crippen LogP) is 3.56. The lowest BCUT2D eigenvalue weighted by Gasteiger charge is -2.29. The monoisotopic (exact) mass is 395 g/mol. The van der Waals surface area contributed by atoms with E-state index in [1.165, 1.54) is 0 Å². The van der Waals surface area contributed by atoms with Gasteiger partial charge < -0.3 is 23.6 Å². The van der Waals surface area contributed by atoms with Crippen molar-refractivity contribution >= 4 is 11.6 Å². The van der Waals surface area contributed by atoms with Crippen LogP contribution < -0.4 is 19.1 Å². The summed E-state index contributed by atoms with van der Waals surface area (Å²) in [4.78, 5) is 18.5. The number of aromatic nitrogens is 2. The van der Waals surface area contributed by atoms with Crippen molar-refractivity contribution in [3.05, 3.63) is 36.4 Å². The Labute approximate surface area is 168 Å². The van der Waals surface area contributed by atoms with Crippen LogP contribution in [0.4, 0.5) is 5.69 Å². The van der Waals surface area contributed by atoms with E-state index in [4.69, 9.17) is 18.7 Å². The van der Waals surface area contributed by atoms with Gasteiger partial charge in [-0.05, 0) is 36.8 Å². The quantitative estimate of drug-likeness (QED) is 0.631. The van der Waals surface area contributed by atoms with Gasteiger partial charge in [-0.25, -0.2) is 0 Å². The number of carbonyl (C=O) groups is 1. The van der Waals surface area contributed by atoms with E-state index in [9.17, 15) is 4.79 Å². The Balaban J connectivity index is 1.70. The van der Waals surface area contributed by atoms with Crippen molar-refractivity contribution in [2.75, 3.05) is 32.3 Å². The number of nitrogens with zero attached hydrogens (tertiary/aromatic N) is 3. The third-order valence-electron chi connectivity index (χ3n) is 4.67. The Hall–Kier alpha value is -3.55.